The molecule has 0 amide bonds. The van der Waals surface area contributed by atoms with E-state index in [0.717, 1.165) is 92.3 Å². The molecule has 34 heavy (non-hydrogen) atoms. The van der Waals surface area contributed by atoms with Crippen molar-refractivity contribution in [2.24, 2.45) is 0 Å². The highest BCUT2D eigenvalue weighted by molar-refractivity contribution is 5.93. The highest BCUT2D eigenvalue weighted by Crippen LogP contribution is 2.38. The molecule has 3 aliphatic rings. The van der Waals surface area contributed by atoms with E-state index in [1.807, 2.05) is 19.0 Å². The van der Waals surface area contributed by atoms with Crippen molar-refractivity contribution in [1.82, 2.24) is 19.8 Å². The maximum atomic E-state index is 6.44. The van der Waals surface area contributed by atoms with Gasteiger partial charge in [0.25, 0.3) is 0 Å². The molecule has 8 heteroatoms. The standard InChI is InChI=1S/C26H40N6O2/c1-29(2)26-27-22-18-24(34-20-9-11-30(3)12-10-20)23(33-4)17-21(22)25(28-26)32-15-13-31(14-16-32)19-7-5-6-8-19/h17-20H,5-16H2,1-4H3. The molecular weight excluding hydrogens is 428 g/mol. The van der Waals surface area contributed by atoms with Crippen LogP contribution >= 0.6 is 0 Å². The van der Waals surface area contributed by atoms with E-state index in [9.17, 15) is 0 Å². The number of methoxy groups -OCH3 is 1. The molecule has 1 saturated carbocycles. The van der Waals surface area contributed by atoms with E-state index in [2.05, 4.69) is 33.9 Å². The van der Waals surface area contributed by atoms with Crippen molar-refractivity contribution in [1.29, 1.82) is 0 Å². The lowest BCUT2D eigenvalue weighted by molar-refractivity contribution is 0.111. The predicted octanol–water partition coefficient (Wildman–Crippen LogP) is 3.24. The average Bonchev–Trinajstić information content (AvgIpc) is 3.39. The van der Waals surface area contributed by atoms with Crippen molar-refractivity contribution in [2.75, 3.05) is 77.3 Å². The Morgan fingerprint density at radius 2 is 1.59 bits per heavy atom. The number of benzene rings is 1. The zero-order chi connectivity index (χ0) is 23.7. The van der Waals surface area contributed by atoms with E-state index in [4.69, 9.17) is 19.4 Å². The summed E-state index contributed by atoms with van der Waals surface area (Å²) in [5.74, 6) is 3.28. The summed E-state index contributed by atoms with van der Waals surface area (Å²) in [5, 5.41) is 1.03. The molecule has 2 aliphatic heterocycles. The Kier molecular flexibility index (Phi) is 6.97. The van der Waals surface area contributed by atoms with E-state index in [-0.39, 0.29) is 6.10 Å². The van der Waals surface area contributed by atoms with Gasteiger partial charge in [0.05, 0.1) is 12.6 Å². The van der Waals surface area contributed by atoms with Crippen LogP contribution in [-0.4, -0.2) is 99.4 Å². The van der Waals surface area contributed by atoms with Gasteiger partial charge in [0.1, 0.15) is 11.9 Å². The maximum Gasteiger partial charge on any atom is 0.227 e. The smallest absolute Gasteiger partial charge is 0.227 e. The number of hydrogen-bond donors (Lipinski definition) is 0. The van der Waals surface area contributed by atoms with Gasteiger partial charge in [-0.2, -0.15) is 4.98 Å². The van der Waals surface area contributed by atoms with Crippen LogP contribution in [0.15, 0.2) is 12.1 Å². The number of anilines is 2. The molecule has 186 valence electrons. The van der Waals surface area contributed by atoms with E-state index >= 15 is 0 Å². The summed E-state index contributed by atoms with van der Waals surface area (Å²) in [6.07, 6.45) is 7.75. The fourth-order valence-corrected chi connectivity index (χ4v) is 5.65. The van der Waals surface area contributed by atoms with Gasteiger partial charge in [-0.15, -0.1) is 0 Å². The van der Waals surface area contributed by atoms with E-state index in [1.165, 1.54) is 25.7 Å². The van der Waals surface area contributed by atoms with Gasteiger partial charge in [-0.3, -0.25) is 4.90 Å². The van der Waals surface area contributed by atoms with Crippen molar-refractivity contribution in [3.05, 3.63) is 12.1 Å². The average molecular weight is 469 g/mol. The predicted molar refractivity (Wildman–Crippen MR) is 138 cm³/mol. The van der Waals surface area contributed by atoms with Crippen molar-refractivity contribution in [2.45, 2.75) is 50.7 Å². The molecule has 0 radical (unpaired) electrons. The Labute approximate surface area is 203 Å². The van der Waals surface area contributed by atoms with E-state index < -0.39 is 0 Å². The van der Waals surface area contributed by atoms with Crippen LogP contribution in [0.4, 0.5) is 11.8 Å². The normalized spacial score (nSPS) is 21.4. The summed E-state index contributed by atoms with van der Waals surface area (Å²) in [6, 6.07) is 4.91. The summed E-state index contributed by atoms with van der Waals surface area (Å²) in [4.78, 5) is 19.3. The molecule has 3 heterocycles. The van der Waals surface area contributed by atoms with Gasteiger partial charge in [0.15, 0.2) is 11.5 Å². The monoisotopic (exact) mass is 468 g/mol. The Morgan fingerprint density at radius 3 is 2.24 bits per heavy atom. The highest BCUT2D eigenvalue weighted by atomic mass is 16.5. The van der Waals surface area contributed by atoms with Crippen molar-refractivity contribution >= 4 is 22.7 Å². The fraction of sp³-hybridized carbons (Fsp3) is 0.692. The second kappa shape index (κ2) is 10.1. The van der Waals surface area contributed by atoms with Gasteiger partial charge < -0.3 is 24.2 Å². The second-order valence-electron chi connectivity index (χ2n) is 10.3. The lowest BCUT2D eigenvalue weighted by Crippen LogP contribution is -2.50. The molecule has 0 spiro atoms. The van der Waals surface area contributed by atoms with Gasteiger partial charge in [-0.1, -0.05) is 12.8 Å². The Hall–Kier alpha value is -2.32. The molecule has 2 saturated heterocycles. The number of rotatable bonds is 6. The van der Waals surface area contributed by atoms with Crippen molar-refractivity contribution < 1.29 is 9.47 Å². The molecular formula is C26H40N6O2. The maximum absolute atomic E-state index is 6.44. The molecule has 0 atom stereocenters. The van der Waals surface area contributed by atoms with Gasteiger partial charge in [-0.25, -0.2) is 4.98 Å². The third-order valence-corrected chi connectivity index (χ3v) is 7.76. The topological polar surface area (TPSA) is 57.2 Å². The van der Waals surface area contributed by atoms with Crippen LogP contribution in [0.1, 0.15) is 38.5 Å². The van der Waals surface area contributed by atoms with Gasteiger partial charge in [0.2, 0.25) is 5.95 Å². The van der Waals surface area contributed by atoms with Crippen molar-refractivity contribution in [3.8, 4) is 11.5 Å². The Balaban J connectivity index is 1.44. The first-order valence-corrected chi connectivity index (χ1v) is 12.9. The first-order chi connectivity index (χ1) is 16.5. The van der Waals surface area contributed by atoms with Crippen LogP contribution in [0.3, 0.4) is 0 Å². The quantitative estimate of drug-likeness (QED) is 0.641. The van der Waals surface area contributed by atoms with Crippen LogP contribution < -0.4 is 19.3 Å². The number of ether oxygens (including phenoxy) is 2. The molecule has 1 aromatic heterocycles. The molecule has 8 nitrogen and oxygen atoms in total. The lowest BCUT2D eigenvalue weighted by Gasteiger charge is -2.39. The summed E-state index contributed by atoms with van der Waals surface area (Å²) in [5.41, 5.74) is 0.913. The number of nitrogens with zero attached hydrogens (tertiary/aromatic N) is 6. The summed E-state index contributed by atoms with van der Waals surface area (Å²) >= 11 is 0. The third kappa shape index (κ3) is 4.89. The molecule has 5 rings (SSSR count). The number of aromatic nitrogens is 2. The van der Waals surface area contributed by atoms with Crippen molar-refractivity contribution in [3.63, 3.8) is 0 Å². The number of fused-ring (bicyclic) bond motifs is 1. The molecule has 0 bridgehead atoms. The largest absolute Gasteiger partial charge is 0.493 e. The van der Waals surface area contributed by atoms with Gasteiger partial charge >= 0.3 is 0 Å². The summed E-state index contributed by atoms with van der Waals surface area (Å²) in [6.45, 7) is 6.30. The number of likely N-dealkylation sites (tertiary alicyclic amines) is 1. The summed E-state index contributed by atoms with van der Waals surface area (Å²) < 4.78 is 12.2. The van der Waals surface area contributed by atoms with Crippen LogP contribution in [0, 0.1) is 0 Å². The Bertz CT molecular complexity index is 977. The van der Waals surface area contributed by atoms with Gasteiger partial charge in [-0.05, 0) is 38.8 Å². The van der Waals surface area contributed by atoms with Crippen LogP contribution in [0.2, 0.25) is 0 Å². The Morgan fingerprint density at radius 1 is 0.882 bits per heavy atom. The van der Waals surface area contributed by atoms with Gasteiger partial charge in [0, 0.05) is 70.9 Å². The fourth-order valence-electron chi connectivity index (χ4n) is 5.65. The molecule has 3 fully saturated rings. The molecule has 1 aromatic carbocycles. The summed E-state index contributed by atoms with van der Waals surface area (Å²) in [7, 11) is 7.89. The molecule has 0 unspecified atom stereocenters. The lowest BCUT2D eigenvalue weighted by atomic mass is 10.1. The zero-order valence-electron chi connectivity index (χ0n) is 21.3. The van der Waals surface area contributed by atoms with E-state index in [1.54, 1.807) is 7.11 Å². The molecule has 0 N–H and O–H groups in total. The zero-order valence-corrected chi connectivity index (χ0v) is 21.3. The molecule has 2 aromatic rings. The minimum atomic E-state index is 0.209. The number of hydrogen-bond acceptors (Lipinski definition) is 8. The SMILES string of the molecule is COc1cc2c(N3CCN(C4CCCC4)CC3)nc(N(C)C)nc2cc1OC1CCN(C)CC1. The number of piperazine rings is 1. The minimum absolute atomic E-state index is 0.209. The second-order valence-corrected chi connectivity index (χ2v) is 10.3. The minimum Gasteiger partial charge on any atom is -0.493 e. The first-order valence-electron chi connectivity index (χ1n) is 12.9. The van der Waals surface area contributed by atoms with Crippen LogP contribution in [0.25, 0.3) is 10.9 Å². The van der Waals surface area contributed by atoms with Crippen LogP contribution in [-0.2, 0) is 0 Å². The first kappa shape index (κ1) is 23.4. The van der Waals surface area contributed by atoms with Crippen LogP contribution in [0.5, 0.6) is 11.5 Å². The third-order valence-electron chi connectivity index (χ3n) is 7.76. The highest BCUT2D eigenvalue weighted by Gasteiger charge is 2.28. The van der Waals surface area contributed by atoms with E-state index in [0.29, 0.717) is 0 Å². The number of piperidine rings is 1. The molecule has 1 aliphatic carbocycles.